The van der Waals surface area contributed by atoms with Gasteiger partial charge in [-0.3, -0.25) is 4.79 Å². The van der Waals surface area contributed by atoms with Gasteiger partial charge in [0.2, 0.25) is 5.91 Å². The molecule has 0 bridgehead atoms. The van der Waals surface area contributed by atoms with Crippen LogP contribution in [-0.2, 0) is 25.4 Å². The Morgan fingerprint density at radius 2 is 1.72 bits per heavy atom. The van der Waals surface area contributed by atoms with Crippen LogP contribution in [0.5, 0.6) is 0 Å². The topological polar surface area (TPSA) is 153 Å². The highest BCUT2D eigenvalue weighted by Crippen LogP contribution is 2.29. The number of carbonyl (C=O) groups excluding carboxylic acids is 3. The summed E-state index contributed by atoms with van der Waals surface area (Å²) >= 11 is 0. The van der Waals surface area contributed by atoms with Crippen LogP contribution in [0.4, 0.5) is 28.4 Å². The number of halogens is 3. The minimum absolute atomic E-state index is 0.160. The summed E-state index contributed by atoms with van der Waals surface area (Å²) in [6.07, 6.45) is -2.96. The highest BCUT2D eigenvalue weighted by atomic mass is 19.4. The van der Waals surface area contributed by atoms with Crippen LogP contribution in [0.15, 0.2) is 73.2 Å². The Labute approximate surface area is 263 Å². The first-order valence-corrected chi connectivity index (χ1v) is 14.5. The number of ether oxygens (including phenoxy) is 3. The third-order valence-corrected chi connectivity index (χ3v) is 7.16. The van der Waals surface area contributed by atoms with Crippen molar-refractivity contribution in [3.05, 3.63) is 90.0 Å². The fraction of sp³-hybridized carbons (Fsp3) is 0.387. The molecule has 1 fully saturated rings. The Hall–Kier alpha value is -4.76. The number of hydrogen-bond acceptors (Lipinski definition) is 9. The number of anilines is 1. The van der Waals surface area contributed by atoms with Gasteiger partial charge in [-0.15, -0.1) is 0 Å². The molecular formula is C31H35F3N6O6. The van der Waals surface area contributed by atoms with E-state index in [9.17, 15) is 27.6 Å². The average Bonchev–Trinajstić information content (AvgIpc) is 3.06. The van der Waals surface area contributed by atoms with Gasteiger partial charge in [0.1, 0.15) is 25.5 Å². The Kier molecular flexibility index (Phi) is 12.3. The third-order valence-electron chi connectivity index (χ3n) is 7.16. The highest BCUT2D eigenvalue weighted by molar-refractivity contribution is 5.98. The van der Waals surface area contributed by atoms with Crippen molar-refractivity contribution in [3.8, 4) is 0 Å². The fourth-order valence-corrected chi connectivity index (χ4v) is 4.91. The lowest BCUT2D eigenvalue weighted by atomic mass is 9.84. The maximum Gasteiger partial charge on any atom is 0.407 e. The van der Waals surface area contributed by atoms with E-state index >= 15 is 0 Å². The van der Waals surface area contributed by atoms with Crippen molar-refractivity contribution >= 4 is 23.8 Å². The molecule has 1 aliphatic rings. The molecule has 2 aromatic carbocycles. The van der Waals surface area contributed by atoms with Gasteiger partial charge in [-0.1, -0.05) is 60.7 Å². The van der Waals surface area contributed by atoms with E-state index in [0.717, 1.165) is 11.1 Å². The van der Waals surface area contributed by atoms with Crippen LogP contribution < -0.4 is 21.3 Å². The van der Waals surface area contributed by atoms with E-state index in [4.69, 9.17) is 14.2 Å². The summed E-state index contributed by atoms with van der Waals surface area (Å²) in [5, 5.41) is 10.4. The van der Waals surface area contributed by atoms with E-state index in [1.165, 1.54) is 19.6 Å². The van der Waals surface area contributed by atoms with E-state index in [2.05, 4.69) is 25.9 Å². The predicted octanol–water partition coefficient (Wildman–Crippen LogP) is 3.55. The number of carbonyl (C=O) groups is 3. The van der Waals surface area contributed by atoms with Crippen LogP contribution >= 0.6 is 0 Å². The molecule has 1 saturated heterocycles. The van der Waals surface area contributed by atoms with Crippen molar-refractivity contribution in [2.24, 2.45) is 0 Å². The number of aromatic nitrogens is 2. The first-order valence-electron chi connectivity index (χ1n) is 14.5. The summed E-state index contributed by atoms with van der Waals surface area (Å²) in [5.41, 5.74) is 2.53. The lowest BCUT2D eigenvalue weighted by molar-refractivity contribution is -0.124. The molecule has 246 valence electrons. The second kappa shape index (κ2) is 16.5. The van der Waals surface area contributed by atoms with Crippen LogP contribution in [0.3, 0.4) is 0 Å². The van der Waals surface area contributed by atoms with Gasteiger partial charge in [0, 0.05) is 12.5 Å². The molecule has 4 N–H and O–H groups in total. The minimum Gasteiger partial charge on any atom is -0.453 e. The van der Waals surface area contributed by atoms with Gasteiger partial charge < -0.3 is 35.5 Å². The van der Waals surface area contributed by atoms with Crippen molar-refractivity contribution < 1.29 is 41.8 Å². The molecule has 3 atom stereocenters. The van der Waals surface area contributed by atoms with Gasteiger partial charge >= 0.3 is 18.4 Å². The van der Waals surface area contributed by atoms with Crippen molar-refractivity contribution in [1.29, 1.82) is 0 Å². The molecule has 15 heteroatoms. The Morgan fingerprint density at radius 3 is 2.30 bits per heavy atom. The summed E-state index contributed by atoms with van der Waals surface area (Å²) in [6.45, 7) is -1.07. The highest BCUT2D eigenvalue weighted by Gasteiger charge is 2.34. The summed E-state index contributed by atoms with van der Waals surface area (Å²) in [7, 11) is 1.22. The zero-order chi connectivity index (χ0) is 32.9. The molecule has 0 spiro atoms. The van der Waals surface area contributed by atoms with Gasteiger partial charge in [-0.05, 0) is 24.0 Å². The number of aryl methyl sites for hydroxylation is 1. The molecule has 0 radical (unpaired) electrons. The molecule has 2 heterocycles. The number of amides is 3. The number of methoxy groups -OCH3 is 1. The molecule has 3 amide bonds. The number of nitrogens with one attached hydrogen (secondary N) is 4. The molecule has 1 aliphatic heterocycles. The zero-order valence-electron chi connectivity index (χ0n) is 25.0. The quantitative estimate of drug-likeness (QED) is 0.232. The lowest BCUT2D eigenvalue weighted by Crippen LogP contribution is -2.49. The SMILES string of the molecule is COC(=O)N[C@H](C(=O)Nc1cncnc1CC[C@@H]1CN[C@H](COC(=O)NCC(F)(F)F)CO1)C(c1ccccc1)c1ccccc1. The van der Waals surface area contributed by atoms with Crippen LogP contribution in [-0.4, -0.2) is 85.8 Å². The standard InChI is InChI=1S/C31H35F3N6O6/c1-44-30(43)40-27(26(20-8-4-2-5-9-20)21-10-6-3-7-11-21)28(41)39-25-15-35-19-38-24(25)13-12-23-14-36-22(16-45-23)17-46-29(42)37-18-31(32,33)34/h2-11,15,19,22-23,26-27,36H,12-14,16-18H2,1H3,(H,37,42)(H,39,41)(H,40,43)/t22-,23+,27-/m0/s1. The van der Waals surface area contributed by atoms with Gasteiger partial charge in [-0.25, -0.2) is 19.6 Å². The number of hydrogen-bond donors (Lipinski definition) is 4. The maximum absolute atomic E-state index is 13.9. The molecule has 3 aromatic rings. The molecule has 0 aliphatic carbocycles. The van der Waals surface area contributed by atoms with Crippen LogP contribution in [0.1, 0.15) is 29.2 Å². The van der Waals surface area contributed by atoms with Crippen LogP contribution in [0.25, 0.3) is 0 Å². The average molecular weight is 645 g/mol. The fourth-order valence-electron chi connectivity index (χ4n) is 4.91. The summed E-state index contributed by atoms with van der Waals surface area (Å²) < 4.78 is 52.3. The molecule has 1 aromatic heterocycles. The summed E-state index contributed by atoms with van der Waals surface area (Å²) in [4.78, 5) is 46.2. The largest absolute Gasteiger partial charge is 0.453 e. The summed E-state index contributed by atoms with van der Waals surface area (Å²) in [6, 6.07) is 17.2. The predicted molar refractivity (Wildman–Crippen MR) is 160 cm³/mol. The van der Waals surface area contributed by atoms with Crippen LogP contribution in [0, 0.1) is 0 Å². The van der Waals surface area contributed by atoms with E-state index in [1.54, 1.807) is 5.32 Å². The number of alkyl carbamates (subject to hydrolysis) is 2. The van der Waals surface area contributed by atoms with Crippen molar-refractivity contribution in [2.75, 3.05) is 38.7 Å². The van der Waals surface area contributed by atoms with Crippen molar-refractivity contribution in [2.45, 2.75) is 43.1 Å². The van der Waals surface area contributed by atoms with E-state index in [0.29, 0.717) is 30.8 Å². The number of nitrogens with zero attached hydrogens (tertiary/aromatic N) is 2. The first kappa shape index (κ1) is 34.1. The molecule has 0 unspecified atom stereocenters. The van der Waals surface area contributed by atoms with Crippen molar-refractivity contribution in [3.63, 3.8) is 0 Å². The van der Waals surface area contributed by atoms with Crippen LogP contribution in [0.2, 0.25) is 0 Å². The molecule has 46 heavy (non-hydrogen) atoms. The Balaban J connectivity index is 1.38. The Morgan fingerprint density at radius 1 is 1.04 bits per heavy atom. The van der Waals surface area contributed by atoms with Gasteiger partial charge in [-0.2, -0.15) is 13.2 Å². The third kappa shape index (κ3) is 10.4. The minimum atomic E-state index is -4.53. The van der Waals surface area contributed by atoms with Gasteiger partial charge in [0.25, 0.3) is 0 Å². The number of alkyl halides is 3. The molecule has 4 rings (SSSR count). The Bertz CT molecular complexity index is 1390. The monoisotopic (exact) mass is 644 g/mol. The van der Waals surface area contributed by atoms with E-state index < -0.39 is 42.8 Å². The molecule has 0 saturated carbocycles. The van der Waals surface area contributed by atoms with E-state index in [-0.39, 0.29) is 25.4 Å². The summed E-state index contributed by atoms with van der Waals surface area (Å²) in [5.74, 6) is -1.05. The normalized spacial score (nSPS) is 17.1. The van der Waals surface area contributed by atoms with Gasteiger partial charge in [0.15, 0.2) is 0 Å². The number of morpholine rings is 1. The molecule has 12 nitrogen and oxygen atoms in total. The second-order valence-corrected chi connectivity index (χ2v) is 10.5. The second-order valence-electron chi connectivity index (χ2n) is 10.5. The van der Waals surface area contributed by atoms with Gasteiger partial charge in [0.05, 0.1) is 43.4 Å². The van der Waals surface area contributed by atoms with Crippen molar-refractivity contribution in [1.82, 2.24) is 25.9 Å². The first-order chi connectivity index (χ1) is 22.1. The number of benzene rings is 2. The molecular weight excluding hydrogens is 609 g/mol. The van der Waals surface area contributed by atoms with E-state index in [1.807, 2.05) is 60.7 Å². The number of rotatable bonds is 12. The zero-order valence-corrected chi connectivity index (χ0v) is 25.0. The lowest BCUT2D eigenvalue weighted by Gasteiger charge is -2.30. The smallest absolute Gasteiger partial charge is 0.407 e. The maximum atomic E-state index is 13.9.